The largest absolute Gasteiger partial charge is 0.443 e. The van der Waals surface area contributed by atoms with Gasteiger partial charge in [0.05, 0.1) is 6.04 Å². The number of nitrogens with one attached hydrogen (secondary N) is 1. The molecule has 116 valence electrons. The number of hydrazine groups is 2. The highest BCUT2D eigenvalue weighted by Gasteiger charge is 2.27. The lowest BCUT2D eigenvalue weighted by atomic mass is 10.0. The van der Waals surface area contributed by atoms with Crippen LogP contribution in [0.2, 0.25) is 0 Å². The highest BCUT2D eigenvalue weighted by molar-refractivity contribution is 5.96. The van der Waals surface area contributed by atoms with E-state index in [4.69, 9.17) is 10.6 Å². The standard InChI is InChI=1S/C15H23N3O3/c1-11(10-13(19)12-8-6-5-7-9-12)18(17-16)14(20)21-15(2,3)4/h5-9,11,17H,10,16H2,1-4H3. The molecule has 21 heavy (non-hydrogen) atoms. The van der Waals surface area contributed by atoms with E-state index < -0.39 is 17.7 Å². The summed E-state index contributed by atoms with van der Waals surface area (Å²) in [5, 5.41) is 1.12. The van der Waals surface area contributed by atoms with E-state index >= 15 is 0 Å². The third-order valence-corrected chi connectivity index (χ3v) is 2.75. The molecular weight excluding hydrogens is 270 g/mol. The number of ether oxygens (including phenoxy) is 1. The van der Waals surface area contributed by atoms with Gasteiger partial charge in [0.25, 0.3) is 0 Å². The molecule has 1 aromatic rings. The van der Waals surface area contributed by atoms with Gasteiger partial charge >= 0.3 is 6.09 Å². The van der Waals surface area contributed by atoms with Crippen LogP contribution in [0.1, 0.15) is 44.5 Å². The van der Waals surface area contributed by atoms with Crippen molar-refractivity contribution < 1.29 is 14.3 Å². The van der Waals surface area contributed by atoms with E-state index in [1.807, 2.05) is 6.07 Å². The molecule has 0 saturated carbocycles. The zero-order chi connectivity index (χ0) is 16.0. The fraction of sp³-hybridized carbons (Fsp3) is 0.467. The van der Waals surface area contributed by atoms with Crippen LogP contribution >= 0.6 is 0 Å². The summed E-state index contributed by atoms with van der Waals surface area (Å²) in [6, 6.07) is 8.48. The van der Waals surface area contributed by atoms with Crippen molar-refractivity contribution in [2.75, 3.05) is 0 Å². The number of hydrogen-bond donors (Lipinski definition) is 2. The quantitative estimate of drug-likeness (QED) is 0.494. The molecule has 0 radical (unpaired) electrons. The Labute approximate surface area is 125 Å². The number of benzene rings is 1. The molecule has 1 amide bonds. The third kappa shape index (κ3) is 5.53. The Balaban J connectivity index is 2.69. The SMILES string of the molecule is CC(CC(=O)c1ccccc1)N(NN)C(=O)OC(C)(C)C. The molecule has 6 heteroatoms. The number of carbonyl (C=O) groups is 2. The minimum Gasteiger partial charge on any atom is -0.443 e. The summed E-state index contributed by atoms with van der Waals surface area (Å²) in [6.07, 6.45) is -0.466. The molecule has 0 spiro atoms. The number of carbonyl (C=O) groups excluding carboxylic acids is 2. The second kappa shape index (κ2) is 7.19. The molecule has 0 aromatic heterocycles. The first-order chi connectivity index (χ1) is 9.74. The number of nitrogens with zero attached hydrogens (tertiary/aromatic N) is 1. The molecule has 1 atom stereocenters. The lowest BCUT2D eigenvalue weighted by molar-refractivity contribution is 0.00344. The second-order valence-electron chi connectivity index (χ2n) is 5.82. The molecule has 0 saturated heterocycles. The van der Waals surface area contributed by atoms with Gasteiger partial charge in [0.2, 0.25) is 0 Å². The Bertz CT molecular complexity index is 483. The topological polar surface area (TPSA) is 84.7 Å². The molecule has 1 aromatic carbocycles. The van der Waals surface area contributed by atoms with E-state index in [1.54, 1.807) is 52.0 Å². The van der Waals surface area contributed by atoms with Crippen LogP contribution in [0.5, 0.6) is 0 Å². The van der Waals surface area contributed by atoms with Gasteiger partial charge in [-0.1, -0.05) is 30.3 Å². The smallest absolute Gasteiger partial charge is 0.426 e. The first-order valence-corrected chi connectivity index (χ1v) is 6.81. The zero-order valence-corrected chi connectivity index (χ0v) is 12.9. The highest BCUT2D eigenvalue weighted by atomic mass is 16.6. The number of amides is 1. The van der Waals surface area contributed by atoms with Crippen molar-refractivity contribution in [1.29, 1.82) is 0 Å². The van der Waals surface area contributed by atoms with Gasteiger partial charge in [0, 0.05) is 12.0 Å². The van der Waals surface area contributed by atoms with Crippen LogP contribution in [0.3, 0.4) is 0 Å². The van der Waals surface area contributed by atoms with Crippen LogP contribution in [-0.2, 0) is 4.74 Å². The molecule has 0 aliphatic rings. The van der Waals surface area contributed by atoms with Crippen LogP contribution < -0.4 is 11.4 Å². The molecule has 0 aliphatic carbocycles. The summed E-state index contributed by atoms with van der Waals surface area (Å²) >= 11 is 0. The Kier molecular flexibility index (Phi) is 5.87. The minimum absolute atomic E-state index is 0.0630. The Morgan fingerprint density at radius 1 is 1.29 bits per heavy atom. The van der Waals surface area contributed by atoms with Gasteiger partial charge < -0.3 is 4.74 Å². The molecule has 0 heterocycles. The molecule has 1 rings (SSSR count). The normalized spacial score (nSPS) is 12.6. The lowest BCUT2D eigenvalue weighted by Crippen LogP contribution is -2.53. The Hall–Kier alpha value is -1.92. The van der Waals surface area contributed by atoms with Crippen molar-refractivity contribution in [2.24, 2.45) is 5.84 Å². The van der Waals surface area contributed by atoms with E-state index in [0.29, 0.717) is 5.56 Å². The number of nitrogens with two attached hydrogens (primary N) is 1. The third-order valence-electron chi connectivity index (χ3n) is 2.75. The number of ketones is 1. The molecule has 1 unspecified atom stereocenters. The van der Waals surface area contributed by atoms with E-state index in [-0.39, 0.29) is 12.2 Å². The molecule has 0 bridgehead atoms. The van der Waals surface area contributed by atoms with E-state index in [9.17, 15) is 9.59 Å². The van der Waals surface area contributed by atoms with Gasteiger partial charge in [-0.3, -0.25) is 10.6 Å². The first kappa shape index (κ1) is 17.1. The molecular formula is C15H23N3O3. The van der Waals surface area contributed by atoms with Crippen LogP contribution in [0.25, 0.3) is 0 Å². The summed E-state index contributed by atoms with van der Waals surface area (Å²) in [5.41, 5.74) is 2.26. The van der Waals surface area contributed by atoms with Crippen molar-refractivity contribution in [3.8, 4) is 0 Å². The lowest BCUT2D eigenvalue weighted by Gasteiger charge is -2.30. The molecule has 0 fully saturated rings. The minimum atomic E-state index is -0.630. The van der Waals surface area contributed by atoms with Gasteiger partial charge in [-0.2, -0.15) is 5.53 Å². The van der Waals surface area contributed by atoms with E-state index in [1.165, 1.54) is 0 Å². The van der Waals surface area contributed by atoms with E-state index in [0.717, 1.165) is 5.01 Å². The maximum atomic E-state index is 12.1. The fourth-order valence-electron chi connectivity index (χ4n) is 1.77. The number of rotatable bonds is 5. The Morgan fingerprint density at radius 2 is 1.86 bits per heavy atom. The second-order valence-corrected chi connectivity index (χ2v) is 5.82. The average molecular weight is 293 g/mol. The average Bonchev–Trinajstić information content (AvgIpc) is 2.38. The summed E-state index contributed by atoms with van der Waals surface area (Å²) in [5.74, 6) is 5.31. The number of Topliss-reactive ketones (excluding diaryl/α,β-unsaturated/α-hetero) is 1. The monoisotopic (exact) mass is 293 g/mol. The maximum Gasteiger partial charge on any atom is 0.426 e. The van der Waals surface area contributed by atoms with Crippen LogP contribution in [0, 0.1) is 0 Å². The van der Waals surface area contributed by atoms with Gasteiger partial charge in [-0.25, -0.2) is 9.80 Å². The van der Waals surface area contributed by atoms with Gasteiger partial charge in [-0.15, -0.1) is 0 Å². The maximum absolute atomic E-state index is 12.1. The molecule has 6 nitrogen and oxygen atoms in total. The summed E-state index contributed by atoms with van der Waals surface area (Å²) < 4.78 is 5.23. The number of hydrogen-bond acceptors (Lipinski definition) is 5. The van der Waals surface area contributed by atoms with E-state index in [2.05, 4.69) is 5.53 Å². The van der Waals surface area contributed by atoms with Crippen LogP contribution in [0.4, 0.5) is 4.79 Å². The van der Waals surface area contributed by atoms with Crippen molar-refractivity contribution in [1.82, 2.24) is 10.5 Å². The van der Waals surface area contributed by atoms with Crippen LogP contribution in [-0.4, -0.2) is 28.5 Å². The fourth-order valence-corrected chi connectivity index (χ4v) is 1.77. The van der Waals surface area contributed by atoms with Crippen molar-refractivity contribution >= 4 is 11.9 Å². The van der Waals surface area contributed by atoms with Crippen molar-refractivity contribution in [2.45, 2.75) is 45.8 Å². The van der Waals surface area contributed by atoms with Crippen LogP contribution in [0.15, 0.2) is 30.3 Å². The summed E-state index contributed by atoms with van der Waals surface area (Å²) in [7, 11) is 0. The predicted octanol–water partition coefficient (Wildman–Crippen LogP) is 2.26. The summed E-state index contributed by atoms with van der Waals surface area (Å²) in [4.78, 5) is 24.1. The van der Waals surface area contributed by atoms with Gasteiger partial charge in [-0.05, 0) is 27.7 Å². The van der Waals surface area contributed by atoms with Crippen molar-refractivity contribution in [3.05, 3.63) is 35.9 Å². The predicted molar refractivity (Wildman–Crippen MR) is 80.2 cm³/mol. The molecule has 0 aliphatic heterocycles. The summed E-state index contributed by atoms with van der Waals surface area (Å²) in [6.45, 7) is 7.02. The van der Waals surface area contributed by atoms with Gasteiger partial charge in [0.15, 0.2) is 5.78 Å². The molecule has 3 N–H and O–H groups in total. The first-order valence-electron chi connectivity index (χ1n) is 6.81. The zero-order valence-electron chi connectivity index (χ0n) is 12.9. The van der Waals surface area contributed by atoms with Gasteiger partial charge in [0.1, 0.15) is 5.60 Å². The highest BCUT2D eigenvalue weighted by Crippen LogP contribution is 2.13. The van der Waals surface area contributed by atoms with Crippen molar-refractivity contribution in [3.63, 3.8) is 0 Å². The Morgan fingerprint density at radius 3 is 2.33 bits per heavy atom.